The fraction of sp³-hybridized carbons (Fsp3) is 0.346. The van der Waals surface area contributed by atoms with Crippen LogP contribution in [0.5, 0.6) is 5.75 Å². The zero-order chi connectivity index (χ0) is 24.6. The van der Waals surface area contributed by atoms with Crippen molar-refractivity contribution in [2.24, 2.45) is 0 Å². The minimum absolute atomic E-state index is 0.00520. The second-order valence-electron chi connectivity index (χ2n) is 8.48. The average Bonchev–Trinajstić information content (AvgIpc) is 3.13. The van der Waals surface area contributed by atoms with Crippen LogP contribution in [0.3, 0.4) is 0 Å². The molecule has 0 atom stereocenters. The predicted molar refractivity (Wildman–Crippen MR) is 138 cm³/mol. The van der Waals surface area contributed by atoms with Crippen molar-refractivity contribution in [3.8, 4) is 5.75 Å². The molecule has 0 spiro atoms. The molecule has 0 saturated carbocycles. The highest BCUT2D eigenvalue weighted by Crippen LogP contribution is 2.33. The molecule has 2 aromatic carbocycles. The van der Waals surface area contributed by atoms with Crippen molar-refractivity contribution in [2.75, 3.05) is 37.4 Å². The predicted octanol–water partition coefficient (Wildman–Crippen LogP) is 5.94. The summed E-state index contributed by atoms with van der Waals surface area (Å²) in [6.07, 6.45) is 10.8. The smallest absolute Gasteiger partial charge is 0.248 e. The Morgan fingerprint density at radius 1 is 1.17 bits per heavy atom. The van der Waals surface area contributed by atoms with Crippen molar-refractivity contribution >= 4 is 45.6 Å². The number of methoxy groups -OCH3 is 1. The second kappa shape index (κ2) is 12.0. The highest BCUT2D eigenvalue weighted by molar-refractivity contribution is 6.31. The summed E-state index contributed by atoms with van der Waals surface area (Å²) in [6.45, 7) is 3.23. The number of fused-ring (bicyclic) bond motifs is 1. The Balaban J connectivity index is 1.47. The first-order valence-electron chi connectivity index (χ1n) is 11.8. The number of anilines is 3. The molecule has 4 rings (SSSR count). The lowest BCUT2D eigenvalue weighted by atomic mass is 10.1. The van der Waals surface area contributed by atoms with Crippen LogP contribution in [0.2, 0.25) is 5.02 Å². The fourth-order valence-corrected chi connectivity index (χ4v) is 4.32. The van der Waals surface area contributed by atoms with Gasteiger partial charge >= 0.3 is 0 Å². The zero-order valence-corrected chi connectivity index (χ0v) is 20.4. The van der Waals surface area contributed by atoms with E-state index < -0.39 is 5.82 Å². The number of aromatic nitrogens is 2. The van der Waals surface area contributed by atoms with Crippen molar-refractivity contribution in [3.63, 3.8) is 0 Å². The van der Waals surface area contributed by atoms with Crippen molar-refractivity contribution in [2.45, 2.75) is 32.1 Å². The summed E-state index contributed by atoms with van der Waals surface area (Å²) in [5.74, 6) is 0.233. The number of benzene rings is 2. The Morgan fingerprint density at radius 2 is 1.97 bits per heavy atom. The third-order valence-corrected chi connectivity index (χ3v) is 6.27. The summed E-state index contributed by atoms with van der Waals surface area (Å²) in [7, 11) is 1.54. The molecule has 1 fully saturated rings. The van der Waals surface area contributed by atoms with Crippen molar-refractivity contribution in [1.29, 1.82) is 0 Å². The molecule has 2 N–H and O–H groups in total. The summed E-state index contributed by atoms with van der Waals surface area (Å²) in [5, 5.41) is 6.69. The SMILES string of the molecule is COc1cc2ncnc(Nc3ccc(F)c(Cl)c3)c2cc1NC(=O)/C=C/CCN1CCCCCC1. The van der Waals surface area contributed by atoms with Crippen LogP contribution in [0.1, 0.15) is 32.1 Å². The summed E-state index contributed by atoms with van der Waals surface area (Å²) < 4.78 is 19.0. The zero-order valence-electron chi connectivity index (χ0n) is 19.7. The summed E-state index contributed by atoms with van der Waals surface area (Å²) >= 11 is 5.90. The lowest BCUT2D eigenvalue weighted by molar-refractivity contribution is -0.111. The molecule has 1 aliphatic heterocycles. The molecular weight excluding hydrogens is 469 g/mol. The maximum Gasteiger partial charge on any atom is 0.248 e. The molecule has 1 aromatic heterocycles. The first kappa shape index (κ1) is 24.9. The highest BCUT2D eigenvalue weighted by atomic mass is 35.5. The van der Waals surface area contributed by atoms with Crippen LogP contribution in [0.4, 0.5) is 21.6 Å². The maximum atomic E-state index is 13.5. The number of likely N-dealkylation sites (tertiary alicyclic amines) is 1. The minimum Gasteiger partial charge on any atom is -0.494 e. The van der Waals surface area contributed by atoms with Crippen LogP contribution in [0.25, 0.3) is 10.9 Å². The van der Waals surface area contributed by atoms with E-state index in [2.05, 4.69) is 25.5 Å². The molecule has 0 bridgehead atoms. The van der Waals surface area contributed by atoms with Gasteiger partial charge in [-0.15, -0.1) is 0 Å². The molecule has 0 unspecified atom stereocenters. The number of ether oxygens (including phenoxy) is 1. The van der Waals surface area contributed by atoms with E-state index in [-0.39, 0.29) is 10.9 Å². The van der Waals surface area contributed by atoms with Gasteiger partial charge in [-0.25, -0.2) is 14.4 Å². The Labute approximate surface area is 209 Å². The van der Waals surface area contributed by atoms with E-state index in [1.54, 1.807) is 24.3 Å². The van der Waals surface area contributed by atoms with Crippen LogP contribution in [0.15, 0.2) is 48.8 Å². The normalized spacial score (nSPS) is 14.7. The molecule has 0 radical (unpaired) electrons. The van der Waals surface area contributed by atoms with Gasteiger partial charge in [-0.3, -0.25) is 4.79 Å². The van der Waals surface area contributed by atoms with Gasteiger partial charge in [-0.05, 0) is 62.7 Å². The number of nitrogens with one attached hydrogen (secondary N) is 2. The topological polar surface area (TPSA) is 79.4 Å². The molecule has 1 saturated heterocycles. The van der Waals surface area contributed by atoms with E-state index in [1.165, 1.54) is 51.3 Å². The van der Waals surface area contributed by atoms with E-state index in [4.69, 9.17) is 16.3 Å². The highest BCUT2D eigenvalue weighted by Gasteiger charge is 2.13. The van der Waals surface area contributed by atoms with Gasteiger partial charge in [0.25, 0.3) is 0 Å². The van der Waals surface area contributed by atoms with Crippen LogP contribution in [-0.2, 0) is 4.79 Å². The summed E-state index contributed by atoms with van der Waals surface area (Å²) in [4.78, 5) is 23.7. The minimum atomic E-state index is -0.501. The number of rotatable bonds is 8. The summed E-state index contributed by atoms with van der Waals surface area (Å²) in [6, 6.07) is 7.82. The van der Waals surface area contributed by atoms with E-state index >= 15 is 0 Å². The number of amides is 1. The van der Waals surface area contributed by atoms with Crippen LogP contribution >= 0.6 is 11.6 Å². The molecule has 1 amide bonds. The Bertz CT molecular complexity index is 1210. The van der Waals surface area contributed by atoms with Gasteiger partial charge in [0.1, 0.15) is 23.7 Å². The number of carbonyl (C=O) groups excluding carboxylic acids is 1. The largest absolute Gasteiger partial charge is 0.494 e. The van der Waals surface area contributed by atoms with Crippen LogP contribution in [0, 0.1) is 5.82 Å². The lowest BCUT2D eigenvalue weighted by Crippen LogP contribution is -2.25. The van der Waals surface area contributed by atoms with Crippen molar-refractivity contribution < 1.29 is 13.9 Å². The standard InChI is InChI=1S/C26H29ClFN5O2/c1-35-24-16-22-19(26(30-17-29-22)31-18-9-10-21(28)20(27)14-18)15-23(24)32-25(34)8-4-7-13-33-11-5-2-3-6-12-33/h4,8-10,14-17H,2-3,5-7,11-13H2,1H3,(H,32,34)(H,29,30,31)/b8-4+. The van der Waals surface area contributed by atoms with E-state index in [1.807, 2.05) is 6.08 Å². The van der Waals surface area contributed by atoms with Gasteiger partial charge in [0.05, 0.1) is 23.3 Å². The van der Waals surface area contributed by atoms with Crippen molar-refractivity contribution in [1.82, 2.24) is 14.9 Å². The monoisotopic (exact) mass is 497 g/mol. The van der Waals surface area contributed by atoms with E-state index in [9.17, 15) is 9.18 Å². The molecule has 9 heteroatoms. The molecular formula is C26H29ClFN5O2. The molecule has 7 nitrogen and oxygen atoms in total. The van der Waals surface area contributed by atoms with Crippen LogP contribution in [-0.4, -0.2) is 47.5 Å². The lowest BCUT2D eigenvalue weighted by Gasteiger charge is -2.18. The average molecular weight is 498 g/mol. The van der Waals surface area contributed by atoms with Gasteiger partial charge in [-0.1, -0.05) is 30.5 Å². The quantitative estimate of drug-likeness (QED) is 0.375. The van der Waals surface area contributed by atoms with Gasteiger partial charge in [-0.2, -0.15) is 0 Å². The Hall–Kier alpha value is -3.23. The van der Waals surface area contributed by atoms with Crippen LogP contribution < -0.4 is 15.4 Å². The number of hydrogen-bond acceptors (Lipinski definition) is 6. The number of carbonyl (C=O) groups is 1. The first-order chi connectivity index (χ1) is 17.0. The molecule has 1 aliphatic rings. The van der Waals surface area contributed by atoms with Gasteiger partial charge in [0, 0.05) is 23.7 Å². The van der Waals surface area contributed by atoms with Gasteiger partial charge < -0.3 is 20.3 Å². The second-order valence-corrected chi connectivity index (χ2v) is 8.89. The molecule has 35 heavy (non-hydrogen) atoms. The summed E-state index contributed by atoms with van der Waals surface area (Å²) in [5.41, 5.74) is 1.70. The molecule has 184 valence electrons. The fourth-order valence-electron chi connectivity index (χ4n) is 4.14. The molecule has 0 aliphatic carbocycles. The van der Waals surface area contributed by atoms with Gasteiger partial charge in [0.2, 0.25) is 5.91 Å². The number of halogens is 2. The van der Waals surface area contributed by atoms with Crippen molar-refractivity contribution in [3.05, 3.63) is 59.7 Å². The van der Waals surface area contributed by atoms with E-state index in [0.717, 1.165) is 26.1 Å². The molecule has 3 aromatic rings. The number of nitrogens with zero attached hydrogens (tertiary/aromatic N) is 3. The Kier molecular flexibility index (Phi) is 8.50. The maximum absolute atomic E-state index is 13.5. The number of hydrogen-bond donors (Lipinski definition) is 2. The Morgan fingerprint density at radius 3 is 2.71 bits per heavy atom. The third-order valence-electron chi connectivity index (χ3n) is 5.98. The third kappa shape index (κ3) is 6.68. The first-order valence-corrected chi connectivity index (χ1v) is 12.2. The van der Waals surface area contributed by atoms with E-state index in [0.29, 0.717) is 33.8 Å². The van der Waals surface area contributed by atoms with Gasteiger partial charge in [0.15, 0.2) is 0 Å². The molecule has 2 heterocycles.